The van der Waals surface area contributed by atoms with E-state index in [4.69, 9.17) is 4.74 Å². The van der Waals surface area contributed by atoms with Gasteiger partial charge in [-0.05, 0) is 49.9 Å². The number of ether oxygens (including phenoxy) is 1. The maximum atomic E-state index is 10.3. The molecule has 1 N–H and O–H groups in total. The zero-order valence-electron chi connectivity index (χ0n) is 12.3. The van der Waals surface area contributed by atoms with Gasteiger partial charge >= 0.3 is 0 Å². The topological polar surface area (TPSA) is 32.7 Å². The number of hydrogen-bond acceptors (Lipinski definition) is 3. The molecule has 2 atom stereocenters. The molecule has 110 valence electrons. The normalized spacial score (nSPS) is 30.8. The minimum absolute atomic E-state index is 0.0874. The highest BCUT2D eigenvalue weighted by Crippen LogP contribution is 2.45. The summed E-state index contributed by atoms with van der Waals surface area (Å²) in [5, 5.41) is 10.3. The van der Waals surface area contributed by atoms with Crippen LogP contribution < -0.4 is 4.74 Å². The molecule has 1 saturated heterocycles. The summed E-state index contributed by atoms with van der Waals surface area (Å²) in [4.78, 5) is 2.51. The Labute approximate surface area is 121 Å². The van der Waals surface area contributed by atoms with Gasteiger partial charge in [0, 0.05) is 18.5 Å². The van der Waals surface area contributed by atoms with Crippen molar-refractivity contribution in [1.82, 2.24) is 4.90 Å². The molecule has 1 aliphatic heterocycles. The van der Waals surface area contributed by atoms with E-state index in [0.717, 1.165) is 31.8 Å². The fraction of sp³-hybridized carbons (Fsp3) is 0.647. The highest BCUT2D eigenvalue weighted by Gasteiger charge is 2.44. The number of nitrogens with zero attached hydrogens (tertiary/aromatic N) is 1. The number of aliphatic hydroxyl groups is 1. The molecule has 3 heteroatoms. The number of aliphatic hydroxyl groups excluding tert-OH is 1. The van der Waals surface area contributed by atoms with Gasteiger partial charge < -0.3 is 9.84 Å². The zero-order valence-corrected chi connectivity index (χ0v) is 12.3. The van der Waals surface area contributed by atoms with Crippen molar-refractivity contribution in [3.05, 3.63) is 29.8 Å². The maximum absolute atomic E-state index is 10.3. The van der Waals surface area contributed by atoms with Gasteiger partial charge in [-0.15, -0.1) is 0 Å². The third kappa shape index (κ3) is 2.70. The van der Waals surface area contributed by atoms with E-state index in [1.54, 1.807) is 7.11 Å². The molecule has 0 amide bonds. The van der Waals surface area contributed by atoms with Crippen molar-refractivity contribution in [3.63, 3.8) is 0 Å². The molecule has 3 nitrogen and oxygen atoms in total. The minimum atomic E-state index is -0.0874. The highest BCUT2D eigenvalue weighted by molar-refractivity contribution is 5.28. The van der Waals surface area contributed by atoms with Gasteiger partial charge in [0.2, 0.25) is 0 Å². The Kier molecular flexibility index (Phi) is 3.99. The Morgan fingerprint density at radius 1 is 1.35 bits per heavy atom. The van der Waals surface area contributed by atoms with Crippen LogP contribution in [0.5, 0.6) is 5.75 Å². The molecule has 0 unspecified atom stereocenters. The average Bonchev–Trinajstić information content (AvgIpc) is 2.80. The Balaban J connectivity index is 1.68. The van der Waals surface area contributed by atoms with Gasteiger partial charge in [-0.2, -0.15) is 0 Å². The van der Waals surface area contributed by atoms with E-state index in [1.165, 1.54) is 31.2 Å². The molecule has 2 aliphatic rings. The molecule has 0 bridgehead atoms. The second-order valence-electron chi connectivity index (χ2n) is 6.44. The molecule has 1 heterocycles. The lowest BCUT2D eigenvalue weighted by atomic mass is 9.76. The summed E-state index contributed by atoms with van der Waals surface area (Å²) in [5.41, 5.74) is 1.48. The largest absolute Gasteiger partial charge is 0.497 e. The molecule has 20 heavy (non-hydrogen) atoms. The molecule has 0 radical (unpaired) electrons. The summed E-state index contributed by atoms with van der Waals surface area (Å²) >= 11 is 0. The van der Waals surface area contributed by atoms with E-state index in [9.17, 15) is 5.11 Å². The van der Waals surface area contributed by atoms with Gasteiger partial charge in [0.15, 0.2) is 0 Å². The van der Waals surface area contributed by atoms with Crippen LogP contribution >= 0.6 is 0 Å². The Bertz CT molecular complexity index is 462. The molecule has 0 aromatic heterocycles. The third-order valence-corrected chi connectivity index (χ3v) is 5.09. The third-order valence-electron chi connectivity index (χ3n) is 5.09. The van der Waals surface area contributed by atoms with E-state index in [-0.39, 0.29) is 11.5 Å². The molecule has 2 fully saturated rings. The van der Waals surface area contributed by atoms with E-state index in [0.29, 0.717) is 0 Å². The maximum Gasteiger partial charge on any atom is 0.119 e. The summed E-state index contributed by atoms with van der Waals surface area (Å²) in [6.07, 6.45) is 5.70. The first-order chi connectivity index (χ1) is 9.72. The van der Waals surface area contributed by atoms with Crippen LogP contribution in [0.2, 0.25) is 0 Å². The van der Waals surface area contributed by atoms with Crippen LogP contribution in [0.3, 0.4) is 0 Å². The first-order valence-corrected chi connectivity index (χ1v) is 7.75. The SMILES string of the molecule is COc1cccc(CN2CCC[C@@]3(CCC[C@H]3O)C2)c1. The van der Waals surface area contributed by atoms with Gasteiger partial charge in [-0.25, -0.2) is 0 Å². The molecular weight excluding hydrogens is 250 g/mol. The number of methoxy groups -OCH3 is 1. The van der Waals surface area contributed by atoms with Crippen LogP contribution in [0, 0.1) is 5.41 Å². The summed E-state index contributed by atoms with van der Waals surface area (Å²) < 4.78 is 5.30. The van der Waals surface area contributed by atoms with Gasteiger partial charge in [0.25, 0.3) is 0 Å². The Morgan fingerprint density at radius 3 is 2.95 bits per heavy atom. The predicted molar refractivity (Wildman–Crippen MR) is 79.8 cm³/mol. The summed E-state index contributed by atoms with van der Waals surface area (Å²) in [6, 6.07) is 8.32. The van der Waals surface area contributed by atoms with Crippen LogP contribution in [0.1, 0.15) is 37.7 Å². The van der Waals surface area contributed by atoms with Gasteiger partial charge in [-0.3, -0.25) is 4.90 Å². The van der Waals surface area contributed by atoms with Crippen LogP contribution in [0.4, 0.5) is 0 Å². The van der Waals surface area contributed by atoms with Gasteiger partial charge in [0.1, 0.15) is 5.75 Å². The lowest BCUT2D eigenvalue weighted by Gasteiger charge is -2.42. The molecule has 1 aliphatic carbocycles. The van der Waals surface area contributed by atoms with Crippen LogP contribution in [-0.4, -0.2) is 36.3 Å². The van der Waals surface area contributed by atoms with Gasteiger partial charge in [0.05, 0.1) is 13.2 Å². The lowest BCUT2D eigenvalue weighted by Crippen LogP contribution is -2.46. The summed E-state index contributed by atoms with van der Waals surface area (Å²) in [7, 11) is 1.71. The van der Waals surface area contributed by atoms with E-state index in [1.807, 2.05) is 6.07 Å². The van der Waals surface area contributed by atoms with Crippen molar-refractivity contribution in [2.24, 2.45) is 5.41 Å². The van der Waals surface area contributed by atoms with E-state index in [2.05, 4.69) is 23.1 Å². The van der Waals surface area contributed by atoms with Crippen molar-refractivity contribution in [2.75, 3.05) is 20.2 Å². The molecule has 1 aromatic rings. The lowest BCUT2D eigenvalue weighted by molar-refractivity contribution is -0.0120. The van der Waals surface area contributed by atoms with Gasteiger partial charge in [-0.1, -0.05) is 18.6 Å². The molecule has 3 rings (SSSR count). The predicted octanol–water partition coefficient (Wildman–Crippen LogP) is 2.82. The monoisotopic (exact) mass is 275 g/mol. The number of hydrogen-bond donors (Lipinski definition) is 1. The number of piperidine rings is 1. The van der Waals surface area contributed by atoms with Crippen LogP contribution in [0.25, 0.3) is 0 Å². The van der Waals surface area contributed by atoms with E-state index < -0.39 is 0 Å². The van der Waals surface area contributed by atoms with Crippen molar-refractivity contribution >= 4 is 0 Å². The Morgan fingerprint density at radius 2 is 2.20 bits per heavy atom. The standard InChI is InChI=1S/C17H25NO2/c1-20-15-6-2-5-14(11-15)12-18-10-4-9-17(13-18)8-3-7-16(17)19/h2,5-6,11,16,19H,3-4,7-10,12-13H2,1H3/t16-,17+/m1/s1. The molecule has 1 spiro atoms. The van der Waals surface area contributed by atoms with Crippen molar-refractivity contribution in [1.29, 1.82) is 0 Å². The molecule has 1 aromatic carbocycles. The number of rotatable bonds is 3. The highest BCUT2D eigenvalue weighted by atomic mass is 16.5. The van der Waals surface area contributed by atoms with Crippen molar-refractivity contribution < 1.29 is 9.84 Å². The van der Waals surface area contributed by atoms with Crippen LogP contribution in [-0.2, 0) is 6.54 Å². The quantitative estimate of drug-likeness (QED) is 0.920. The minimum Gasteiger partial charge on any atom is -0.497 e. The number of likely N-dealkylation sites (tertiary alicyclic amines) is 1. The zero-order chi connectivity index (χ0) is 14.0. The smallest absolute Gasteiger partial charge is 0.119 e. The molecular formula is C17H25NO2. The van der Waals surface area contributed by atoms with E-state index >= 15 is 0 Å². The second kappa shape index (κ2) is 5.74. The fourth-order valence-electron chi connectivity index (χ4n) is 4.02. The van der Waals surface area contributed by atoms with Crippen molar-refractivity contribution in [3.8, 4) is 5.75 Å². The second-order valence-corrected chi connectivity index (χ2v) is 6.44. The molecule has 1 saturated carbocycles. The average molecular weight is 275 g/mol. The first-order valence-electron chi connectivity index (χ1n) is 7.75. The first kappa shape index (κ1) is 13.9. The summed E-state index contributed by atoms with van der Waals surface area (Å²) in [6.45, 7) is 3.16. The number of benzene rings is 1. The van der Waals surface area contributed by atoms with Crippen LogP contribution in [0.15, 0.2) is 24.3 Å². The fourth-order valence-corrected chi connectivity index (χ4v) is 4.02. The Hall–Kier alpha value is -1.06. The van der Waals surface area contributed by atoms with Crippen molar-refractivity contribution in [2.45, 2.75) is 44.8 Å². The summed E-state index contributed by atoms with van der Waals surface area (Å²) in [5.74, 6) is 0.926.